The van der Waals surface area contributed by atoms with Gasteiger partial charge >= 0.3 is 0 Å². The highest BCUT2D eigenvalue weighted by Gasteiger charge is 2.16. The van der Waals surface area contributed by atoms with Gasteiger partial charge in [0.25, 0.3) is 0 Å². The molecule has 5 rings (SSSR count). The van der Waals surface area contributed by atoms with Crippen molar-refractivity contribution in [3.05, 3.63) is 87.7 Å². The predicted molar refractivity (Wildman–Crippen MR) is 183 cm³/mol. The Morgan fingerprint density at radius 3 is 2.67 bits per heavy atom. The van der Waals surface area contributed by atoms with Crippen molar-refractivity contribution in [1.29, 1.82) is 0 Å². The summed E-state index contributed by atoms with van der Waals surface area (Å²) in [7, 11) is -0.569. The fraction of sp³-hybridized carbons (Fsp3) is 0.273. The predicted octanol–water partition coefficient (Wildman–Crippen LogP) is 7.11. The van der Waals surface area contributed by atoms with E-state index in [2.05, 4.69) is 20.6 Å². The fourth-order valence-electron chi connectivity index (χ4n) is 4.75. The lowest BCUT2D eigenvalue weighted by atomic mass is 10.1. The Labute approximate surface area is 277 Å². The molecule has 0 aliphatic carbocycles. The van der Waals surface area contributed by atoms with Crippen LogP contribution in [0, 0.1) is 11.7 Å². The topological polar surface area (TPSA) is 115 Å². The zero-order chi connectivity index (χ0) is 32.6. The van der Waals surface area contributed by atoms with Gasteiger partial charge in [0.2, 0.25) is 10.3 Å². The maximum atomic E-state index is 13.5. The van der Waals surface area contributed by atoms with Crippen LogP contribution in [0.15, 0.2) is 66.3 Å². The maximum Gasteiger partial charge on any atom is 0.214 e. The normalized spacial score (nSPS) is 11.2. The van der Waals surface area contributed by atoms with Crippen molar-refractivity contribution in [1.82, 2.24) is 20.3 Å². The second kappa shape index (κ2) is 15.5. The number of methoxy groups -OCH3 is 1. The average molecular weight is 682 g/mol. The van der Waals surface area contributed by atoms with E-state index in [9.17, 15) is 12.8 Å². The molecule has 0 spiro atoms. The largest absolute Gasteiger partial charge is 0.496 e. The lowest BCUT2D eigenvalue weighted by Gasteiger charge is -2.13. The highest BCUT2D eigenvalue weighted by Crippen LogP contribution is 2.37. The molecule has 2 N–H and O–H groups in total. The smallest absolute Gasteiger partial charge is 0.214 e. The average Bonchev–Trinajstić information content (AvgIpc) is 3.50. The molecule has 3 aromatic carbocycles. The molecule has 240 valence electrons. The number of nitrogens with zero attached hydrogens (tertiary/aromatic N) is 3. The number of benzene rings is 3. The summed E-state index contributed by atoms with van der Waals surface area (Å²) in [5, 5.41) is 10.7. The highest BCUT2D eigenvalue weighted by molar-refractivity contribution is 7.73. The van der Waals surface area contributed by atoms with Crippen LogP contribution in [-0.2, 0) is 23.3 Å². The van der Waals surface area contributed by atoms with Gasteiger partial charge in [0.1, 0.15) is 36.1 Å². The quantitative estimate of drug-likeness (QED) is 0.0935. The molecule has 13 heteroatoms. The molecule has 0 radical (unpaired) electrons. The van der Waals surface area contributed by atoms with Gasteiger partial charge < -0.3 is 20.1 Å². The van der Waals surface area contributed by atoms with Crippen LogP contribution in [0.1, 0.15) is 30.8 Å². The van der Waals surface area contributed by atoms with E-state index in [4.69, 9.17) is 26.1 Å². The monoisotopic (exact) mass is 681 g/mol. The van der Waals surface area contributed by atoms with Crippen LogP contribution in [-0.4, -0.2) is 48.4 Å². The summed E-state index contributed by atoms with van der Waals surface area (Å²) in [4.78, 5) is 14.3. The Bertz CT molecular complexity index is 1980. The number of fused-ring (bicyclic) bond motifs is 1. The molecule has 0 aliphatic rings. The second-order valence-electron chi connectivity index (χ2n) is 10.7. The molecule has 0 saturated carbocycles. The lowest BCUT2D eigenvalue weighted by Crippen LogP contribution is -2.28. The van der Waals surface area contributed by atoms with Gasteiger partial charge in [-0.2, -0.15) is 8.42 Å². The number of ether oxygens (including phenoxy) is 2. The highest BCUT2D eigenvalue weighted by atomic mass is 35.5. The van der Waals surface area contributed by atoms with Gasteiger partial charge in [0, 0.05) is 41.0 Å². The van der Waals surface area contributed by atoms with Crippen molar-refractivity contribution in [2.45, 2.75) is 33.3 Å². The Morgan fingerprint density at radius 1 is 1.09 bits per heavy atom. The van der Waals surface area contributed by atoms with E-state index in [0.29, 0.717) is 57.1 Å². The molecule has 2 aromatic heterocycles. The third-order valence-electron chi connectivity index (χ3n) is 7.16. The van der Waals surface area contributed by atoms with Crippen LogP contribution >= 0.6 is 22.9 Å². The fourth-order valence-corrected chi connectivity index (χ4v) is 6.43. The van der Waals surface area contributed by atoms with Gasteiger partial charge in [0.05, 0.1) is 33.2 Å². The number of nitrogens with one attached hydrogen (secondary N) is 2. The van der Waals surface area contributed by atoms with Crippen molar-refractivity contribution < 1.29 is 22.3 Å². The number of aryl methyl sites for hydroxylation is 1. The number of hydrogen-bond acceptors (Lipinski definition) is 10. The first-order valence-electron chi connectivity index (χ1n) is 14.6. The van der Waals surface area contributed by atoms with Crippen molar-refractivity contribution >= 4 is 60.5 Å². The van der Waals surface area contributed by atoms with E-state index < -0.39 is 10.3 Å². The van der Waals surface area contributed by atoms with E-state index in [1.54, 1.807) is 42.7 Å². The van der Waals surface area contributed by atoms with Crippen LogP contribution in [0.3, 0.4) is 0 Å². The van der Waals surface area contributed by atoms with Gasteiger partial charge in [-0.05, 0) is 60.8 Å². The molecular weight excluding hydrogens is 649 g/mol. The second-order valence-corrected chi connectivity index (χ2v) is 13.1. The molecule has 0 fully saturated rings. The van der Waals surface area contributed by atoms with Crippen LogP contribution in [0.2, 0.25) is 5.02 Å². The lowest BCUT2D eigenvalue weighted by molar-refractivity contribution is 0.306. The minimum absolute atomic E-state index is 0.0253. The maximum absolute atomic E-state index is 13.5. The molecule has 9 nitrogen and oxygen atoms in total. The van der Waals surface area contributed by atoms with E-state index in [1.807, 2.05) is 37.4 Å². The molecular formula is C33H33ClFN5O4S2. The molecule has 0 bridgehead atoms. The number of rotatable bonds is 14. The van der Waals surface area contributed by atoms with Crippen molar-refractivity contribution in [2.75, 3.05) is 25.5 Å². The molecule has 0 atom stereocenters. The third kappa shape index (κ3) is 8.38. The number of thiazole rings is 1. The molecule has 0 amide bonds. The zero-order valence-electron chi connectivity index (χ0n) is 25.5. The van der Waals surface area contributed by atoms with Gasteiger partial charge in [-0.25, -0.2) is 19.3 Å². The van der Waals surface area contributed by atoms with E-state index >= 15 is 0 Å². The van der Waals surface area contributed by atoms with Gasteiger partial charge in [0.15, 0.2) is 0 Å². The Morgan fingerprint density at radius 2 is 1.93 bits per heavy atom. The molecule has 0 unspecified atom stereocenters. The van der Waals surface area contributed by atoms with Crippen molar-refractivity contribution in [2.24, 2.45) is 5.92 Å². The first-order valence-corrected chi connectivity index (χ1v) is 16.9. The SMILES string of the molecule is COc1cc2ncnc(Nc3ccc(OCc4cccc(F)c4)c(Cl)c3)c2cc1-c1csc(CCCNCC(C(C)C)=S(=O)=O)n1. The minimum Gasteiger partial charge on any atom is -0.496 e. The van der Waals surface area contributed by atoms with Gasteiger partial charge in [-0.1, -0.05) is 37.6 Å². The Balaban J connectivity index is 1.29. The molecule has 46 heavy (non-hydrogen) atoms. The number of aromatic nitrogens is 3. The summed E-state index contributed by atoms with van der Waals surface area (Å²) in [6.45, 7) is 4.96. The molecule has 0 aliphatic heterocycles. The number of hydrogen-bond donors (Lipinski definition) is 2. The van der Waals surface area contributed by atoms with Crippen molar-refractivity contribution in [3.63, 3.8) is 0 Å². The van der Waals surface area contributed by atoms with E-state index in [1.165, 1.54) is 18.5 Å². The number of halogens is 2. The standard InChI is InChI=1S/C33H33ClFN5O4S2/c1-20(2)31(46(41)42)16-36-11-5-8-32-40-28(18-45-32)24-14-25-27(15-30(24)43-3)37-19-38-33(25)39-23-9-10-29(26(34)13-23)44-17-21-6-4-7-22(35)12-21/h4,6-7,9-10,12-15,18-20,36H,5,8,11,16-17H2,1-3H3,(H,37,38,39). The first-order chi connectivity index (χ1) is 22.2. The Kier molecular flexibility index (Phi) is 11.2. The molecule has 2 heterocycles. The summed E-state index contributed by atoms with van der Waals surface area (Å²) in [5.41, 5.74) is 3.68. The third-order valence-corrected chi connectivity index (χ3v) is 9.41. The summed E-state index contributed by atoms with van der Waals surface area (Å²) >= 11 is 8.09. The summed E-state index contributed by atoms with van der Waals surface area (Å²) in [6.07, 6.45) is 3.05. The van der Waals surface area contributed by atoms with Crippen LogP contribution < -0.4 is 20.1 Å². The number of anilines is 2. The van der Waals surface area contributed by atoms with Gasteiger partial charge in [-0.3, -0.25) is 0 Å². The van der Waals surface area contributed by atoms with Crippen LogP contribution in [0.5, 0.6) is 11.5 Å². The summed E-state index contributed by atoms with van der Waals surface area (Å²) in [5.74, 6) is 1.35. The first kappa shape index (κ1) is 33.3. The van der Waals surface area contributed by atoms with Crippen LogP contribution in [0.4, 0.5) is 15.9 Å². The van der Waals surface area contributed by atoms with Crippen LogP contribution in [0.25, 0.3) is 22.2 Å². The molecule has 0 saturated heterocycles. The van der Waals surface area contributed by atoms with E-state index in [0.717, 1.165) is 34.5 Å². The van der Waals surface area contributed by atoms with Gasteiger partial charge in [-0.15, -0.1) is 11.3 Å². The van der Waals surface area contributed by atoms with Crippen molar-refractivity contribution in [3.8, 4) is 22.8 Å². The summed E-state index contributed by atoms with van der Waals surface area (Å²) in [6, 6.07) is 15.4. The summed E-state index contributed by atoms with van der Waals surface area (Å²) < 4.78 is 47.8. The van der Waals surface area contributed by atoms with E-state index in [-0.39, 0.29) is 18.3 Å². The minimum atomic E-state index is -2.18. The zero-order valence-corrected chi connectivity index (χ0v) is 27.9. The Hall–Kier alpha value is -4.10. The molecule has 5 aromatic rings.